The van der Waals surface area contributed by atoms with E-state index in [-0.39, 0.29) is 21.9 Å². The van der Waals surface area contributed by atoms with E-state index in [4.69, 9.17) is 11.6 Å². The average molecular weight is 329 g/mol. The molecule has 1 atom stereocenters. The van der Waals surface area contributed by atoms with Crippen LogP contribution in [0, 0.1) is 5.82 Å². The lowest BCUT2D eigenvalue weighted by molar-refractivity contribution is 0.0606. The van der Waals surface area contributed by atoms with Crippen molar-refractivity contribution >= 4 is 34.0 Å². The van der Waals surface area contributed by atoms with Crippen molar-refractivity contribution in [3.8, 4) is 0 Å². The van der Waals surface area contributed by atoms with Gasteiger partial charge in [0, 0.05) is 12.6 Å². The van der Waals surface area contributed by atoms with Gasteiger partial charge in [-0.05, 0) is 13.0 Å². The van der Waals surface area contributed by atoms with Gasteiger partial charge >= 0.3 is 5.97 Å². The molecule has 1 unspecified atom stereocenters. The molecule has 0 spiro atoms. The number of aromatic nitrogens is 1. The molecule has 2 rings (SSSR count). The summed E-state index contributed by atoms with van der Waals surface area (Å²) in [6.45, 7) is 1.85. The number of halogens is 2. The van der Waals surface area contributed by atoms with Crippen LogP contribution in [0.3, 0.4) is 0 Å². The van der Waals surface area contributed by atoms with Crippen LogP contribution in [-0.4, -0.2) is 25.1 Å². The molecular formula is C14H14ClFN2O2S. The number of methoxy groups -OCH3 is 1. The molecule has 1 aromatic heterocycles. The Morgan fingerprint density at radius 1 is 1.48 bits per heavy atom. The second-order valence-electron chi connectivity index (χ2n) is 4.42. The zero-order valence-corrected chi connectivity index (χ0v) is 13.3. The lowest BCUT2D eigenvalue weighted by Gasteiger charge is -2.24. The fraction of sp³-hybridized carbons (Fsp3) is 0.286. The highest BCUT2D eigenvalue weighted by molar-refractivity contribution is 7.18. The topological polar surface area (TPSA) is 42.4 Å². The van der Waals surface area contributed by atoms with Gasteiger partial charge in [0.15, 0.2) is 15.2 Å². The Labute approximate surface area is 131 Å². The summed E-state index contributed by atoms with van der Waals surface area (Å²) in [6, 6.07) is 6.29. The second-order valence-corrected chi connectivity index (χ2v) is 5.75. The molecular weight excluding hydrogens is 315 g/mol. The number of hydrogen-bond acceptors (Lipinski definition) is 5. The van der Waals surface area contributed by atoms with Crippen molar-refractivity contribution in [3.63, 3.8) is 0 Å². The van der Waals surface area contributed by atoms with Gasteiger partial charge in [-0.2, -0.15) is 0 Å². The van der Waals surface area contributed by atoms with Gasteiger partial charge in [-0.25, -0.2) is 14.2 Å². The summed E-state index contributed by atoms with van der Waals surface area (Å²) in [5.41, 5.74) is 0.547. The van der Waals surface area contributed by atoms with E-state index >= 15 is 0 Å². The Morgan fingerprint density at radius 2 is 2.14 bits per heavy atom. The fourth-order valence-corrected chi connectivity index (χ4v) is 3.09. The predicted octanol–water partition coefficient (Wildman–Crippen LogP) is 3.92. The maximum Gasteiger partial charge on any atom is 0.351 e. The summed E-state index contributed by atoms with van der Waals surface area (Å²) in [6.07, 6.45) is 0. The van der Waals surface area contributed by atoms with Crippen molar-refractivity contribution in [2.45, 2.75) is 13.0 Å². The summed E-state index contributed by atoms with van der Waals surface area (Å²) in [5, 5.41) is 0.616. The Bertz CT molecular complexity index is 662. The van der Waals surface area contributed by atoms with Crippen LogP contribution in [0.15, 0.2) is 24.3 Å². The molecule has 0 saturated heterocycles. The van der Waals surface area contributed by atoms with Crippen LogP contribution >= 0.6 is 22.9 Å². The highest BCUT2D eigenvalue weighted by atomic mass is 35.5. The molecule has 0 amide bonds. The number of thiazole rings is 1. The summed E-state index contributed by atoms with van der Waals surface area (Å²) < 4.78 is 18.5. The smallest absolute Gasteiger partial charge is 0.351 e. The molecule has 0 bridgehead atoms. The molecule has 0 fully saturated rings. The monoisotopic (exact) mass is 328 g/mol. The van der Waals surface area contributed by atoms with Gasteiger partial charge in [-0.3, -0.25) is 0 Å². The zero-order chi connectivity index (χ0) is 15.6. The molecule has 0 aliphatic heterocycles. The number of benzene rings is 1. The molecule has 0 aliphatic carbocycles. The highest BCUT2D eigenvalue weighted by Gasteiger charge is 2.23. The van der Waals surface area contributed by atoms with Gasteiger partial charge < -0.3 is 9.64 Å². The van der Waals surface area contributed by atoms with Crippen molar-refractivity contribution < 1.29 is 13.9 Å². The first-order valence-corrected chi connectivity index (χ1v) is 7.37. The first kappa shape index (κ1) is 15.7. The molecule has 1 heterocycles. The molecule has 21 heavy (non-hydrogen) atoms. The van der Waals surface area contributed by atoms with Crippen LogP contribution in [0.1, 0.15) is 28.2 Å². The largest absolute Gasteiger partial charge is 0.465 e. The van der Waals surface area contributed by atoms with Crippen molar-refractivity contribution in [1.29, 1.82) is 0 Å². The summed E-state index contributed by atoms with van der Waals surface area (Å²) in [5.74, 6) is -0.816. The van der Waals surface area contributed by atoms with Crippen molar-refractivity contribution in [2.75, 3.05) is 19.1 Å². The fourth-order valence-electron chi connectivity index (χ4n) is 1.85. The molecule has 112 valence electrons. The van der Waals surface area contributed by atoms with Gasteiger partial charge in [0.2, 0.25) is 0 Å². The molecule has 0 saturated carbocycles. The third kappa shape index (κ3) is 3.16. The molecule has 2 aromatic rings. The third-order valence-corrected chi connectivity index (χ3v) is 4.69. The maximum atomic E-state index is 13.8. The number of hydrogen-bond donors (Lipinski definition) is 0. The van der Waals surface area contributed by atoms with E-state index in [1.165, 1.54) is 13.2 Å². The van der Waals surface area contributed by atoms with Crippen molar-refractivity contribution in [2.24, 2.45) is 0 Å². The van der Waals surface area contributed by atoms with E-state index in [1.807, 2.05) is 6.92 Å². The second kappa shape index (κ2) is 6.41. The van der Waals surface area contributed by atoms with Gasteiger partial charge in [-0.15, -0.1) is 0 Å². The van der Waals surface area contributed by atoms with Gasteiger partial charge in [0.1, 0.15) is 5.82 Å². The third-order valence-electron chi connectivity index (χ3n) is 3.18. The first-order valence-electron chi connectivity index (χ1n) is 6.17. The number of rotatable bonds is 4. The number of anilines is 1. The summed E-state index contributed by atoms with van der Waals surface area (Å²) in [4.78, 5) is 17.7. The number of esters is 1. The normalized spacial score (nSPS) is 12.0. The molecule has 0 radical (unpaired) electrons. The van der Waals surface area contributed by atoms with E-state index < -0.39 is 5.97 Å². The van der Waals surface area contributed by atoms with E-state index in [9.17, 15) is 9.18 Å². The minimum Gasteiger partial charge on any atom is -0.465 e. The standard InChI is InChI=1S/C14H14ClFN2O2S/c1-8(9-6-4-5-7-10(9)16)18(2)14-17-12(15)11(21-14)13(19)20-3/h4-8H,1-3H3. The molecule has 0 N–H and O–H groups in total. The zero-order valence-electron chi connectivity index (χ0n) is 11.8. The van der Waals surface area contributed by atoms with E-state index in [0.29, 0.717) is 10.7 Å². The number of ether oxygens (including phenoxy) is 1. The lowest BCUT2D eigenvalue weighted by atomic mass is 10.1. The minimum atomic E-state index is -0.532. The van der Waals surface area contributed by atoms with E-state index in [1.54, 1.807) is 30.1 Å². The SMILES string of the molecule is COC(=O)c1sc(N(C)C(C)c2ccccc2F)nc1Cl. The van der Waals surface area contributed by atoms with E-state index in [0.717, 1.165) is 11.3 Å². The van der Waals surface area contributed by atoms with Crippen LogP contribution in [0.4, 0.5) is 9.52 Å². The Hall–Kier alpha value is -1.66. The van der Waals surface area contributed by atoms with Crippen LogP contribution in [0.25, 0.3) is 0 Å². The van der Waals surface area contributed by atoms with Crippen LogP contribution in [-0.2, 0) is 4.74 Å². The van der Waals surface area contributed by atoms with Crippen molar-refractivity contribution in [1.82, 2.24) is 4.98 Å². The summed E-state index contributed by atoms with van der Waals surface area (Å²) in [7, 11) is 3.05. The van der Waals surface area contributed by atoms with Crippen LogP contribution in [0.2, 0.25) is 5.15 Å². The Morgan fingerprint density at radius 3 is 2.76 bits per heavy atom. The first-order chi connectivity index (χ1) is 9.95. The van der Waals surface area contributed by atoms with Gasteiger partial charge in [-0.1, -0.05) is 41.1 Å². The molecule has 7 heteroatoms. The molecule has 0 aliphatic rings. The quantitative estimate of drug-likeness (QED) is 0.798. The minimum absolute atomic E-state index is 0.0921. The molecule has 1 aromatic carbocycles. The maximum absolute atomic E-state index is 13.8. The molecule has 4 nitrogen and oxygen atoms in total. The summed E-state index contributed by atoms with van der Waals surface area (Å²) >= 11 is 7.06. The van der Waals surface area contributed by atoms with Crippen molar-refractivity contribution in [3.05, 3.63) is 45.7 Å². The van der Waals surface area contributed by atoms with Gasteiger partial charge in [0.25, 0.3) is 0 Å². The predicted molar refractivity (Wildman–Crippen MR) is 81.7 cm³/mol. The average Bonchev–Trinajstić information content (AvgIpc) is 2.87. The van der Waals surface area contributed by atoms with Crippen LogP contribution < -0.4 is 4.90 Å². The Kier molecular flexibility index (Phi) is 4.80. The van der Waals surface area contributed by atoms with Gasteiger partial charge in [0.05, 0.1) is 13.2 Å². The number of carbonyl (C=O) groups excluding carboxylic acids is 1. The number of carbonyl (C=O) groups is 1. The number of nitrogens with zero attached hydrogens (tertiary/aromatic N) is 2. The Balaban J connectivity index is 2.30. The van der Waals surface area contributed by atoms with E-state index in [2.05, 4.69) is 9.72 Å². The lowest BCUT2D eigenvalue weighted by Crippen LogP contribution is -2.22. The highest BCUT2D eigenvalue weighted by Crippen LogP contribution is 2.34. The van der Waals surface area contributed by atoms with Crippen LogP contribution in [0.5, 0.6) is 0 Å².